The standard InChI is InChI=1S/C20H15F6NO/c21-19(22,23)14-8-15(20(24,25)26)10-17(9-14)27-16-6-13(7-18(28)11-16)12-4-2-1-3-5-12/h1-5,8-11,13,27H,6-7H2. The average molecular weight is 399 g/mol. The number of halogens is 6. The van der Waals surface area contributed by atoms with Crippen molar-refractivity contribution in [2.75, 3.05) is 5.32 Å². The van der Waals surface area contributed by atoms with Gasteiger partial charge in [-0.1, -0.05) is 30.3 Å². The summed E-state index contributed by atoms with van der Waals surface area (Å²) >= 11 is 0. The molecule has 0 aliphatic heterocycles. The van der Waals surface area contributed by atoms with Gasteiger partial charge < -0.3 is 5.32 Å². The third-order valence-corrected chi connectivity index (χ3v) is 4.41. The molecule has 2 aromatic rings. The minimum Gasteiger partial charge on any atom is -0.359 e. The first kappa shape index (κ1) is 20.0. The summed E-state index contributed by atoms with van der Waals surface area (Å²) in [5.41, 5.74) is -2.03. The fourth-order valence-corrected chi connectivity index (χ4v) is 3.15. The maximum absolute atomic E-state index is 13.0. The van der Waals surface area contributed by atoms with Crippen molar-refractivity contribution in [3.8, 4) is 0 Å². The van der Waals surface area contributed by atoms with Crippen LogP contribution < -0.4 is 5.32 Å². The molecule has 0 spiro atoms. The molecule has 0 bridgehead atoms. The van der Waals surface area contributed by atoms with Crippen molar-refractivity contribution in [3.63, 3.8) is 0 Å². The Bertz CT molecular complexity index is 867. The molecular weight excluding hydrogens is 384 g/mol. The third-order valence-electron chi connectivity index (χ3n) is 4.41. The molecule has 1 atom stereocenters. The Morgan fingerprint density at radius 3 is 1.93 bits per heavy atom. The van der Waals surface area contributed by atoms with Gasteiger partial charge in [0.25, 0.3) is 0 Å². The maximum Gasteiger partial charge on any atom is 0.416 e. The number of carbonyl (C=O) groups excluding carboxylic acids is 1. The minimum atomic E-state index is -4.93. The zero-order valence-electron chi connectivity index (χ0n) is 14.4. The number of allylic oxidation sites excluding steroid dienone is 2. The van der Waals surface area contributed by atoms with Gasteiger partial charge in [0.05, 0.1) is 11.1 Å². The van der Waals surface area contributed by atoms with Gasteiger partial charge in [0.2, 0.25) is 0 Å². The second kappa shape index (κ2) is 7.33. The van der Waals surface area contributed by atoms with E-state index in [1.807, 2.05) is 18.2 Å². The number of carbonyl (C=O) groups is 1. The van der Waals surface area contributed by atoms with Crippen LogP contribution in [0.1, 0.15) is 35.4 Å². The van der Waals surface area contributed by atoms with Gasteiger partial charge in [-0.15, -0.1) is 0 Å². The largest absolute Gasteiger partial charge is 0.416 e. The molecule has 1 N–H and O–H groups in total. The summed E-state index contributed by atoms with van der Waals surface area (Å²) in [7, 11) is 0. The van der Waals surface area contributed by atoms with E-state index in [-0.39, 0.29) is 35.6 Å². The number of nitrogens with one attached hydrogen (secondary N) is 1. The van der Waals surface area contributed by atoms with Crippen LogP contribution in [0.5, 0.6) is 0 Å². The lowest BCUT2D eigenvalue weighted by molar-refractivity contribution is -0.143. The molecular formula is C20H15F6NO. The zero-order valence-corrected chi connectivity index (χ0v) is 14.4. The Balaban J connectivity index is 1.91. The predicted molar refractivity (Wildman–Crippen MR) is 91.6 cm³/mol. The topological polar surface area (TPSA) is 29.1 Å². The maximum atomic E-state index is 13.0. The van der Waals surface area contributed by atoms with Crippen molar-refractivity contribution in [3.05, 3.63) is 77.0 Å². The lowest BCUT2D eigenvalue weighted by Crippen LogP contribution is -2.17. The molecule has 0 amide bonds. The van der Waals surface area contributed by atoms with E-state index >= 15 is 0 Å². The van der Waals surface area contributed by atoms with Gasteiger partial charge in [0, 0.05) is 23.9 Å². The average Bonchev–Trinajstić information content (AvgIpc) is 2.60. The number of rotatable bonds is 3. The van der Waals surface area contributed by atoms with Gasteiger partial charge in [-0.3, -0.25) is 4.79 Å². The molecule has 3 rings (SSSR count). The number of benzene rings is 2. The van der Waals surface area contributed by atoms with E-state index in [0.717, 1.165) is 5.56 Å². The van der Waals surface area contributed by atoms with E-state index < -0.39 is 23.5 Å². The van der Waals surface area contributed by atoms with Crippen molar-refractivity contribution < 1.29 is 31.1 Å². The van der Waals surface area contributed by atoms with Gasteiger partial charge in [0.1, 0.15) is 0 Å². The molecule has 1 aliphatic rings. The van der Waals surface area contributed by atoms with Crippen LogP contribution in [0.2, 0.25) is 0 Å². The van der Waals surface area contributed by atoms with Gasteiger partial charge in [-0.05, 0) is 36.1 Å². The Labute approximate surface area is 156 Å². The fourth-order valence-electron chi connectivity index (χ4n) is 3.15. The highest BCUT2D eigenvalue weighted by Gasteiger charge is 2.37. The van der Waals surface area contributed by atoms with E-state index in [4.69, 9.17) is 0 Å². The molecule has 0 saturated heterocycles. The molecule has 2 aromatic carbocycles. The molecule has 0 saturated carbocycles. The van der Waals surface area contributed by atoms with Crippen LogP contribution in [0.4, 0.5) is 32.0 Å². The molecule has 0 radical (unpaired) electrons. The normalized spacial score (nSPS) is 18.0. The summed E-state index contributed by atoms with van der Waals surface area (Å²) in [5, 5.41) is 2.58. The first-order valence-corrected chi connectivity index (χ1v) is 8.37. The Kier molecular flexibility index (Phi) is 5.23. The lowest BCUT2D eigenvalue weighted by Gasteiger charge is -2.24. The van der Waals surface area contributed by atoms with Gasteiger partial charge in [-0.25, -0.2) is 0 Å². The summed E-state index contributed by atoms with van der Waals surface area (Å²) in [6.45, 7) is 0. The molecule has 148 valence electrons. The zero-order chi connectivity index (χ0) is 20.5. The van der Waals surface area contributed by atoms with Crippen LogP contribution in [0, 0.1) is 0 Å². The molecule has 28 heavy (non-hydrogen) atoms. The van der Waals surface area contributed by atoms with Crippen molar-refractivity contribution in [1.82, 2.24) is 0 Å². The van der Waals surface area contributed by atoms with E-state index in [2.05, 4.69) is 5.32 Å². The van der Waals surface area contributed by atoms with E-state index in [1.165, 1.54) is 6.08 Å². The Morgan fingerprint density at radius 1 is 0.821 bits per heavy atom. The third kappa shape index (κ3) is 4.74. The van der Waals surface area contributed by atoms with E-state index in [0.29, 0.717) is 18.6 Å². The monoisotopic (exact) mass is 399 g/mol. The molecule has 0 fully saturated rings. The Morgan fingerprint density at radius 2 is 1.39 bits per heavy atom. The quantitative estimate of drug-likeness (QED) is 0.626. The summed E-state index contributed by atoms with van der Waals surface area (Å²) in [5.74, 6) is -0.445. The highest BCUT2D eigenvalue weighted by atomic mass is 19.4. The summed E-state index contributed by atoms with van der Waals surface area (Å²) in [4.78, 5) is 12.0. The van der Waals surface area contributed by atoms with Gasteiger partial charge in [-0.2, -0.15) is 26.3 Å². The van der Waals surface area contributed by atoms with Crippen molar-refractivity contribution in [2.45, 2.75) is 31.1 Å². The number of ketones is 1. The molecule has 2 nitrogen and oxygen atoms in total. The molecule has 8 heteroatoms. The predicted octanol–water partition coefficient (Wildman–Crippen LogP) is 6.17. The number of hydrogen-bond donors (Lipinski definition) is 1. The second-order valence-corrected chi connectivity index (χ2v) is 6.57. The number of alkyl halides is 6. The molecule has 0 aromatic heterocycles. The van der Waals surface area contributed by atoms with Gasteiger partial charge in [0.15, 0.2) is 5.78 Å². The number of anilines is 1. The van der Waals surface area contributed by atoms with Crippen LogP contribution >= 0.6 is 0 Å². The molecule has 0 heterocycles. The van der Waals surface area contributed by atoms with E-state index in [9.17, 15) is 31.1 Å². The van der Waals surface area contributed by atoms with Crippen LogP contribution in [-0.2, 0) is 17.1 Å². The van der Waals surface area contributed by atoms with Crippen LogP contribution in [-0.4, -0.2) is 5.78 Å². The van der Waals surface area contributed by atoms with Crippen LogP contribution in [0.3, 0.4) is 0 Å². The molecule has 1 unspecified atom stereocenters. The van der Waals surface area contributed by atoms with Crippen molar-refractivity contribution >= 4 is 11.5 Å². The van der Waals surface area contributed by atoms with E-state index in [1.54, 1.807) is 12.1 Å². The summed E-state index contributed by atoms with van der Waals surface area (Å²) < 4.78 is 78.0. The smallest absolute Gasteiger partial charge is 0.359 e. The fraction of sp³-hybridized carbons (Fsp3) is 0.250. The minimum absolute atomic E-state index is 0.0678. The summed E-state index contributed by atoms with van der Waals surface area (Å²) in [6.07, 6.45) is -8.10. The van der Waals surface area contributed by atoms with Crippen molar-refractivity contribution in [2.24, 2.45) is 0 Å². The second-order valence-electron chi connectivity index (χ2n) is 6.57. The van der Waals surface area contributed by atoms with Gasteiger partial charge >= 0.3 is 12.4 Å². The highest BCUT2D eigenvalue weighted by Crippen LogP contribution is 2.39. The summed E-state index contributed by atoms with van der Waals surface area (Å²) in [6, 6.07) is 10.3. The molecule has 1 aliphatic carbocycles. The Hall–Kier alpha value is -2.77. The highest BCUT2D eigenvalue weighted by molar-refractivity contribution is 5.92. The first-order chi connectivity index (χ1) is 13.0. The van der Waals surface area contributed by atoms with Crippen LogP contribution in [0.15, 0.2) is 60.3 Å². The number of hydrogen-bond acceptors (Lipinski definition) is 2. The van der Waals surface area contributed by atoms with Crippen molar-refractivity contribution in [1.29, 1.82) is 0 Å². The van der Waals surface area contributed by atoms with Crippen LogP contribution in [0.25, 0.3) is 0 Å². The lowest BCUT2D eigenvalue weighted by atomic mass is 9.85. The SMILES string of the molecule is O=C1C=C(Nc2cc(C(F)(F)F)cc(C(F)(F)F)c2)CC(c2ccccc2)C1. The first-order valence-electron chi connectivity index (χ1n) is 8.37.